The molecule has 6 nitrogen and oxygen atoms in total. The lowest BCUT2D eigenvalue weighted by Gasteiger charge is -2.31. The van der Waals surface area contributed by atoms with Crippen LogP contribution in [-0.4, -0.2) is 55.0 Å². The number of ether oxygens (including phenoxy) is 1. The Kier molecular flexibility index (Phi) is 9.20. The molecule has 0 aromatic heterocycles. The topological polar surface area (TPSA) is 70.7 Å². The summed E-state index contributed by atoms with van der Waals surface area (Å²) in [6.45, 7) is 4.34. The van der Waals surface area contributed by atoms with Crippen molar-refractivity contribution in [2.24, 2.45) is 0 Å². The molecule has 2 aromatic carbocycles. The fourth-order valence-electron chi connectivity index (χ4n) is 5.37. The van der Waals surface area contributed by atoms with Crippen LogP contribution in [0, 0.1) is 0 Å². The minimum Gasteiger partial charge on any atom is -0.497 e. The Hall–Kier alpha value is -3.07. The normalized spacial score (nSPS) is 21.8. The maximum absolute atomic E-state index is 13.3. The second-order valence-electron chi connectivity index (χ2n) is 10.9. The number of carbonyl (C=O) groups excluding carboxylic acids is 2. The zero-order valence-corrected chi connectivity index (χ0v) is 22.7. The molecular formula is C30H38F3N3O3. The second kappa shape index (κ2) is 12.4. The number of methoxy groups -OCH3 is 1. The quantitative estimate of drug-likeness (QED) is 0.364. The first-order valence-corrected chi connectivity index (χ1v) is 13.8. The van der Waals surface area contributed by atoms with Gasteiger partial charge >= 0.3 is 6.18 Å². The SMILES string of the molecule is COc1ccc(C2CC2(C)NCCCCC(NC(=O)c2ccc(C(F)(F)F)cc2)C(=O)N2CCCCC2)cc1. The first-order valence-electron chi connectivity index (χ1n) is 13.8. The van der Waals surface area contributed by atoms with E-state index in [2.05, 4.69) is 29.7 Å². The Morgan fingerprint density at radius 2 is 1.69 bits per heavy atom. The van der Waals surface area contributed by atoms with Crippen molar-refractivity contribution in [3.8, 4) is 5.75 Å². The predicted octanol–water partition coefficient (Wildman–Crippen LogP) is 5.53. The highest BCUT2D eigenvalue weighted by molar-refractivity contribution is 5.97. The van der Waals surface area contributed by atoms with Crippen molar-refractivity contribution in [3.63, 3.8) is 0 Å². The molecule has 3 unspecified atom stereocenters. The van der Waals surface area contributed by atoms with E-state index in [9.17, 15) is 22.8 Å². The molecule has 0 spiro atoms. The molecular weight excluding hydrogens is 507 g/mol. The lowest BCUT2D eigenvalue weighted by atomic mass is 10.0. The van der Waals surface area contributed by atoms with E-state index in [4.69, 9.17) is 4.74 Å². The molecule has 1 aliphatic carbocycles. The van der Waals surface area contributed by atoms with Crippen molar-refractivity contribution in [2.45, 2.75) is 75.5 Å². The lowest BCUT2D eigenvalue weighted by molar-refractivity contribution is -0.137. The maximum atomic E-state index is 13.3. The van der Waals surface area contributed by atoms with Crippen LogP contribution in [0.2, 0.25) is 0 Å². The van der Waals surface area contributed by atoms with Gasteiger partial charge in [-0.05, 0) is 100 Å². The number of hydrogen-bond acceptors (Lipinski definition) is 4. The van der Waals surface area contributed by atoms with Crippen molar-refractivity contribution in [1.29, 1.82) is 0 Å². The summed E-state index contributed by atoms with van der Waals surface area (Å²) in [5.41, 5.74) is 0.608. The molecule has 39 heavy (non-hydrogen) atoms. The molecule has 1 aliphatic heterocycles. The highest BCUT2D eigenvalue weighted by atomic mass is 19.4. The first-order chi connectivity index (χ1) is 18.6. The summed E-state index contributed by atoms with van der Waals surface area (Å²) in [5.74, 6) is 0.634. The lowest BCUT2D eigenvalue weighted by Crippen LogP contribution is -2.50. The molecule has 1 saturated carbocycles. The van der Waals surface area contributed by atoms with Gasteiger partial charge in [-0.1, -0.05) is 12.1 Å². The number of piperidine rings is 1. The maximum Gasteiger partial charge on any atom is 0.416 e. The summed E-state index contributed by atoms with van der Waals surface area (Å²) in [5, 5.41) is 6.46. The van der Waals surface area contributed by atoms with Gasteiger partial charge in [0.15, 0.2) is 0 Å². The van der Waals surface area contributed by atoms with Crippen LogP contribution in [0.25, 0.3) is 0 Å². The van der Waals surface area contributed by atoms with Gasteiger partial charge in [0, 0.05) is 30.1 Å². The summed E-state index contributed by atoms with van der Waals surface area (Å²) in [6.07, 6.45) is 1.57. The van der Waals surface area contributed by atoms with E-state index in [0.717, 1.165) is 75.1 Å². The number of alkyl halides is 3. The number of rotatable bonds is 11. The molecule has 2 aliphatic rings. The van der Waals surface area contributed by atoms with Gasteiger partial charge in [-0.15, -0.1) is 0 Å². The Morgan fingerprint density at radius 3 is 2.31 bits per heavy atom. The summed E-state index contributed by atoms with van der Waals surface area (Å²) < 4.78 is 43.9. The van der Waals surface area contributed by atoms with Crippen molar-refractivity contribution >= 4 is 11.8 Å². The first kappa shape index (κ1) is 28.9. The number of likely N-dealkylation sites (tertiary alicyclic amines) is 1. The monoisotopic (exact) mass is 545 g/mol. The van der Waals surface area contributed by atoms with Crippen LogP contribution in [0.3, 0.4) is 0 Å². The fraction of sp³-hybridized carbons (Fsp3) is 0.533. The van der Waals surface area contributed by atoms with Crippen LogP contribution >= 0.6 is 0 Å². The number of hydrogen-bond donors (Lipinski definition) is 2. The highest BCUT2D eigenvalue weighted by Gasteiger charge is 2.50. The van der Waals surface area contributed by atoms with Gasteiger partial charge in [0.25, 0.3) is 5.91 Å². The van der Waals surface area contributed by atoms with Crippen LogP contribution in [0.4, 0.5) is 13.2 Å². The Balaban J connectivity index is 1.29. The Morgan fingerprint density at radius 1 is 1.03 bits per heavy atom. The van der Waals surface area contributed by atoms with Gasteiger partial charge in [-0.3, -0.25) is 9.59 Å². The van der Waals surface area contributed by atoms with E-state index in [1.165, 1.54) is 5.56 Å². The summed E-state index contributed by atoms with van der Waals surface area (Å²) >= 11 is 0. The molecule has 0 bridgehead atoms. The number of halogens is 3. The molecule has 3 atom stereocenters. The second-order valence-corrected chi connectivity index (χ2v) is 10.9. The van der Waals surface area contributed by atoms with Gasteiger partial charge in [0.1, 0.15) is 11.8 Å². The molecule has 9 heteroatoms. The van der Waals surface area contributed by atoms with Crippen LogP contribution < -0.4 is 15.4 Å². The minimum atomic E-state index is -4.47. The average molecular weight is 546 g/mol. The zero-order chi connectivity index (χ0) is 28.0. The van der Waals surface area contributed by atoms with Gasteiger partial charge in [0.05, 0.1) is 12.7 Å². The number of nitrogens with one attached hydrogen (secondary N) is 2. The average Bonchev–Trinajstić information content (AvgIpc) is 3.62. The predicted molar refractivity (Wildman–Crippen MR) is 144 cm³/mol. The van der Waals surface area contributed by atoms with Gasteiger partial charge in [-0.25, -0.2) is 0 Å². The van der Waals surface area contributed by atoms with Crippen molar-refractivity contribution in [1.82, 2.24) is 15.5 Å². The Bertz CT molecular complexity index is 1120. The van der Waals surface area contributed by atoms with Gasteiger partial charge in [-0.2, -0.15) is 13.2 Å². The van der Waals surface area contributed by atoms with E-state index in [1.54, 1.807) is 12.0 Å². The molecule has 2 fully saturated rings. The number of nitrogens with zero attached hydrogens (tertiary/aromatic N) is 1. The molecule has 1 heterocycles. The van der Waals surface area contributed by atoms with Crippen LogP contribution in [0.1, 0.15) is 79.3 Å². The minimum absolute atomic E-state index is 0.0361. The van der Waals surface area contributed by atoms with E-state index in [0.29, 0.717) is 25.4 Å². The van der Waals surface area contributed by atoms with Crippen LogP contribution in [0.15, 0.2) is 48.5 Å². The third-order valence-electron chi connectivity index (χ3n) is 7.95. The zero-order valence-electron chi connectivity index (χ0n) is 22.7. The number of carbonyl (C=O) groups is 2. The summed E-state index contributed by atoms with van der Waals surface area (Å²) in [4.78, 5) is 27.9. The number of amides is 2. The molecule has 2 N–H and O–H groups in total. The van der Waals surface area contributed by atoms with Crippen LogP contribution in [-0.2, 0) is 11.0 Å². The fourth-order valence-corrected chi connectivity index (χ4v) is 5.37. The molecule has 2 aromatic rings. The molecule has 1 saturated heterocycles. The third kappa shape index (κ3) is 7.53. The van der Waals surface area contributed by atoms with Gasteiger partial charge < -0.3 is 20.3 Å². The van der Waals surface area contributed by atoms with Crippen molar-refractivity contribution in [3.05, 3.63) is 65.2 Å². The van der Waals surface area contributed by atoms with E-state index < -0.39 is 23.7 Å². The number of benzene rings is 2. The standard InChI is InChI=1S/C30H38F3N3O3/c1-29(20-25(29)21-11-15-24(39-2)16-12-21)34-17-5-4-8-26(28(38)36-18-6-3-7-19-36)35-27(37)22-9-13-23(14-10-22)30(31,32)33/h9-16,25-26,34H,3-8,17-20H2,1-2H3,(H,35,37). The smallest absolute Gasteiger partial charge is 0.416 e. The largest absolute Gasteiger partial charge is 0.497 e. The van der Waals surface area contributed by atoms with Crippen molar-refractivity contribution in [2.75, 3.05) is 26.7 Å². The Labute approximate surface area is 228 Å². The van der Waals surface area contributed by atoms with E-state index >= 15 is 0 Å². The molecule has 4 rings (SSSR count). The summed E-state index contributed by atoms with van der Waals surface area (Å²) in [6, 6.07) is 11.5. The van der Waals surface area contributed by atoms with E-state index in [-0.39, 0.29) is 17.0 Å². The molecule has 212 valence electrons. The van der Waals surface area contributed by atoms with E-state index in [1.807, 2.05) is 12.1 Å². The van der Waals surface area contributed by atoms with Crippen molar-refractivity contribution < 1.29 is 27.5 Å². The summed E-state index contributed by atoms with van der Waals surface area (Å²) in [7, 11) is 1.66. The highest BCUT2D eigenvalue weighted by Crippen LogP contribution is 2.51. The van der Waals surface area contributed by atoms with Crippen LogP contribution in [0.5, 0.6) is 5.75 Å². The van der Waals surface area contributed by atoms with Gasteiger partial charge in [0.2, 0.25) is 5.91 Å². The number of unbranched alkanes of at least 4 members (excludes halogenated alkanes) is 1. The molecule has 2 amide bonds. The third-order valence-corrected chi connectivity index (χ3v) is 7.95. The molecule has 0 radical (unpaired) electrons.